The third kappa shape index (κ3) is 6.87. The van der Waals surface area contributed by atoms with Gasteiger partial charge < -0.3 is 25.6 Å². The Hall–Kier alpha value is -2.42. The number of aliphatic hydroxyl groups excluding tert-OH is 1. The summed E-state index contributed by atoms with van der Waals surface area (Å²) in [6.45, 7) is 7.07. The summed E-state index contributed by atoms with van der Waals surface area (Å²) in [5.74, 6) is -2.45. The van der Waals surface area contributed by atoms with Crippen molar-refractivity contribution in [2.45, 2.75) is 115 Å². The predicted octanol–water partition coefficient (Wildman–Crippen LogP) is 3.49. The summed E-state index contributed by atoms with van der Waals surface area (Å²) in [5, 5.41) is 26.1. The molecule has 4 N–H and O–H groups in total. The van der Waals surface area contributed by atoms with E-state index in [-0.39, 0.29) is 24.5 Å². The third-order valence-electron chi connectivity index (χ3n) is 7.74. The van der Waals surface area contributed by atoms with Crippen LogP contribution in [0.3, 0.4) is 0 Å². The smallest absolute Gasteiger partial charge is 0.408 e. The Kier molecular flexibility index (Phi) is 8.53. The maximum Gasteiger partial charge on any atom is 0.408 e. The van der Waals surface area contributed by atoms with Crippen molar-refractivity contribution in [3.63, 3.8) is 0 Å². The minimum atomic E-state index is -1.29. The van der Waals surface area contributed by atoms with Crippen molar-refractivity contribution in [3.8, 4) is 0 Å². The van der Waals surface area contributed by atoms with Crippen LogP contribution in [0.4, 0.5) is 4.79 Å². The molecule has 0 aromatic heterocycles. The van der Waals surface area contributed by atoms with Gasteiger partial charge in [0.15, 0.2) is 5.78 Å². The van der Waals surface area contributed by atoms with Crippen molar-refractivity contribution in [1.82, 2.24) is 10.6 Å². The number of alkyl carbamates (subject to hydrolysis) is 1. The molecule has 3 rings (SSSR count). The number of hydrogen-bond acceptors (Lipinski definition) is 6. The van der Waals surface area contributed by atoms with Crippen molar-refractivity contribution in [2.75, 3.05) is 0 Å². The number of ether oxygens (including phenoxy) is 1. The number of amides is 2. The fraction of sp³-hybridized carbons (Fsp3) is 0.778. The van der Waals surface area contributed by atoms with Gasteiger partial charge in [-0.2, -0.15) is 0 Å². The molecule has 1 heterocycles. The molecule has 0 aromatic carbocycles. The lowest BCUT2D eigenvalue weighted by molar-refractivity contribution is -0.144. The fourth-order valence-electron chi connectivity index (χ4n) is 5.58. The van der Waals surface area contributed by atoms with E-state index in [1.807, 2.05) is 12.2 Å². The van der Waals surface area contributed by atoms with E-state index in [9.17, 15) is 29.4 Å². The van der Waals surface area contributed by atoms with Crippen LogP contribution in [-0.2, 0) is 19.1 Å². The van der Waals surface area contributed by atoms with E-state index >= 15 is 0 Å². The molecule has 3 aliphatic rings. The first-order valence-electron chi connectivity index (χ1n) is 13.2. The number of carbonyl (C=O) groups is 4. The number of allylic oxidation sites excluding steroid dienone is 1. The van der Waals surface area contributed by atoms with Crippen LogP contribution in [0.15, 0.2) is 12.2 Å². The molecule has 6 atom stereocenters. The lowest BCUT2D eigenvalue weighted by Gasteiger charge is -2.33. The lowest BCUT2D eigenvalue weighted by atomic mass is 9.74. The number of ketones is 1. The van der Waals surface area contributed by atoms with Gasteiger partial charge in [-0.25, -0.2) is 9.59 Å². The van der Waals surface area contributed by atoms with Crippen LogP contribution in [0.25, 0.3) is 0 Å². The number of carboxylic acids is 1. The normalized spacial score (nSPS) is 36.1. The van der Waals surface area contributed by atoms with Gasteiger partial charge in [-0.1, -0.05) is 31.9 Å². The standard InChI is InChI=1S/C27H42N2O7/c1-25(2,3)36-24(35)28-20-11-9-7-5-6-8-10-18-15-27(18,23(33)34)29-22(32)17-12-13-26(4,21(20)31)16-19(30)14-17/h8,10,17-20,30H,5-7,9,11-16H2,1-4H3,(H,28,35)(H,29,32)(H,33,34). The molecule has 2 aliphatic carbocycles. The number of rotatable bonds is 2. The second kappa shape index (κ2) is 10.9. The van der Waals surface area contributed by atoms with Crippen molar-refractivity contribution >= 4 is 23.8 Å². The van der Waals surface area contributed by atoms with Gasteiger partial charge in [-0.3, -0.25) is 9.59 Å². The average Bonchev–Trinajstić information content (AvgIpc) is 3.48. The molecule has 0 aromatic rings. The monoisotopic (exact) mass is 506 g/mol. The number of nitrogens with one attached hydrogen (secondary N) is 2. The van der Waals surface area contributed by atoms with Crippen LogP contribution in [0.2, 0.25) is 0 Å². The molecule has 1 aliphatic heterocycles. The Morgan fingerprint density at radius 3 is 2.53 bits per heavy atom. The largest absolute Gasteiger partial charge is 0.479 e. The Balaban J connectivity index is 1.83. The molecule has 0 spiro atoms. The summed E-state index contributed by atoms with van der Waals surface area (Å²) < 4.78 is 5.40. The summed E-state index contributed by atoms with van der Waals surface area (Å²) in [7, 11) is 0. The van der Waals surface area contributed by atoms with Gasteiger partial charge in [-0.15, -0.1) is 0 Å². The number of carbonyl (C=O) groups excluding carboxylic acids is 3. The molecule has 9 nitrogen and oxygen atoms in total. The zero-order valence-corrected chi connectivity index (χ0v) is 22.0. The van der Waals surface area contributed by atoms with Crippen LogP contribution >= 0.6 is 0 Å². The second-order valence-electron chi connectivity index (χ2n) is 12.1. The third-order valence-corrected chi connectivity index (χ3v) is 7.74. The van der Waals surface area contributed by atoms with E-state index in [0.29, 0.717) is 25.7 Å². The van der Waals surface area contributed by atoms with E-state index in [1.165, 1.54) is 0 Å². The molecular weight excluding hydrogens is 464 g/mol. The highest BCUT2D eigenvalue weighted by Gasteiger charge is 2.61. The first-order valence-corrected chi connectivity index (χ1v) is 13.2. The van der Waals surface area contributed by atoms with Gasteiger partial charge in [0.1, 0.15) is 11.1 Å². The molecule has 202 valence electrons. The zero-order chi connectivity index (χ0) is 26.7. The maximum absolute atomic E-state index is 13.8. The molecule has 0 radical (unpaired) electrons. The quantitative estimate of drug-likeness (QED) is 0.420. The number of carboxylic acid groups (broad SMARTS) is 1. The molecule has 2 saturated carbocycles. The SMILES string of the molecule is CC(C)(C)OC(=O)NC1CCCCCC=CC2CC2(C(=O)O)NC(=O)C2CCC(C)(CC(O)C2)C1=O. The summed E-state index contributed by atoms with van der Waals surface area (Å²) in [4.78, 5) is 51.4. The molecule has 9 heteroatoms. The van der Waals surface area contributed by atoms with Crippen LogP contribution in [0, 0.1) is 17.3 Å². The predicted molar refractivity (Wildman–Crippen MR) is 133 cm³/mol. The highest BCUT2D eigenvalue weighted by Crippen LogP contribution is 2.46. The molecule has 0 saturated heterocycles. The van der Waals surface area contributed by atoms with Crippen molar-refractivity contribution in [1.29, 1.82) is 0 Å². The van der Waals surface area contributed by atoms with Gasteiger partial charge in [-0.05, 0) is 72.1 Å². The molecular formula is C27H42N2O7. The highest BCUT2D eigenvalue weighted by molar-refractivity contribution is 5.93. The van der Waals surface area contributed by atoms with Crippen LogP contribution in [-0.4, -0.2) is 57.3 Å². The number of Topliss-reactive ketones (excluding diaryl/α,β-unsaturated/α-hetero) is 1. The first kappa shape index (κ1) is 28.2. The Morgan fingerprint density at radius 1 is 1.14 bits per heavy atom. The van der Waals surface area contributed by atoms with E-state index < -0.39 is 52.6 Å². The maximum atomic E-state index is 13.8. The van der Waals surface area contributed by atoms with E-state index in [1.54, 1.807) is 27.7 Å². The van der Waals surface area contributed by atoms with Crippen molar-refractivity contribution in [3.05, 3.63) is 12.2 Å². The van der Waals surface area contributed by atoms with Crippen LogP contribution in [0.1, 0.15) is 91.9 Å². The topological polar surface area (TPSA) is 142 Å². The van der Waals surface area contributed by atoms with Gasteiger partial charge in [0.05, 0.1) is 12.1 Å². The van der Waals surface area contributed by atoms with Crippen LogP contribution in [0.5, 0.6) is 0 Å². The van der Waals surface area contributed by atoms with Crippen molar-refractivity contribution < 1.29 is 34.1 Å². The number of aliphatic hydroxyl groups is 1. The minimum Gasteiger partial charge on any atom is -0.479 e. The van der Waals surface area contributed by atoms with Gasteiger partial charge in [0.25, 0.3) is 0 Å². The first-order chi connectivity index (χ1) is 16.8. The summed E-state index contributed by atoms with van der Waals surface area (Å²) >= 11 is 0. The fourth-order valence-corrected chi connectivity index (χ4v) is 5.58. The van der Waals surface area contributed by atoms with E-state index in [4.69, 9.17) is 4.74 Å². The van der Waals surface area contributed by atoms with Crippen molar-refractivity contribution in [2.24, 2.45) is 17.3 Å². The number of fused-ring (bicyclic) bond motifs is 4. The Labute approximate surface area is 213 Å². The minimum absolute atomic E-state index is 0.162. The molecule has 2 bridgehead atoms. The Morgan fingerprint density at radius 2 is 1.86 bits per heavy atom. The van der Waals surface area contributed by atoms with E-state index in [2.05, 4.69) is 10.6 Å². The summed E-state index contributed by atoms with van der Waals surface area (Å²) in [6.07, 6.45) is 7.36. The van der Waals surface area contributed by atoms with Gasteiger partial charge >= 0.3 is 12.1 Å². The lowest BCUT2D eigenvalue weighted by Crippen LogP contribution is -2.49. The molecule has 2 amide bonds. The van der Waals surface area contributed by atoms with Crippen LogP contribution < -0.4 is 10.6 Å². The highest BCUT2D eigenvalue weighted by atomic mass is 16.6. The molecule has 2 fully saturated rings. The number of hydrogen-bond donors (Lipinski definition) is 4. The Bertz CT molecular complexity index is 895. The van der Waals surface area contributed by atoms with E-state index in [0.717, 1.165) is 25.7 Å². The molecule has 36 heavy (non-hydrogen) atoms. The molecule has 6 unspecified atom stereocenters. The van der Waals surface area contributed by atoms with Gasteiger partial charge in [0, 0.05) is 17.3 Å². The summed E-state index contributed by atoms with van der Waals surface area (Å²) in [6, 6.07) is -0.753. The second-order valence-corrected chi connectivity index (χ2v) is 12.1. The van der Waals surface area contributed by atoms with Gasteiger partial charge in [0.2, 0.25) is 5.91 Å². The zero-order valence-electron chi connectivity index (χ0n) is 22.0. The number of aliphatic carboxylic acids is 1. The summed E-state index contributed by atoms with van der Waals surface area (Å²) in [5.41, 5.74) is -2.93. The average molecular weight is 507 g/mol.